The third-order valence-corrected chi connectivity index (χ3v) is 7.24. The highest BCUT2D eigenvalue weighted by atomic mass is 16.5. The molecule has 8 bridgehead atoms. The second kappa shape index (κ2) is 7.29. The zero-order valence-corrected chi connectivity index (χ0v) is 19.5. The maximum absolute atomic E-state index is 6.31. The highest BCUT2D eigenvalue weighted by molar-refractivity contribution is 6.09. The van der Waals surface area contributed by atoms with Crippen molar-refractivity contribution < 1.29 is 9.47 Å². The van der Waals surface area contributed by atoms with E-state index in [4.69, 9.17) is 9.47 Å². The summed E-state index contributed by atoms with van der Waals surface area (Å²) in [4.78, 5) is 0. The Kier molecular flexibility index (Phi) is 4.19. The lowest BCUT2D eigenvalue weighted by atomic mass is 10.1. The zero-order chi connectivity index (χ0) is 22.8. The second-order valence-electron chi connectivity index (χ2n) is 9.13. The summed E-state index contributed by atoms with van der Waals surface area (Å²) < 4.78 is 17.4. The molecule has 7 rings (SSSR count). The Balaban J connectivity index is 1.46. The highest BCUT2D eigenvalue weighted by Crippen LogP contribution is 2.36. The number of fused-ring (bicyclic) bond motifs is 4. The summed E-state index contributed by atoms with van der Waals surface area (Å²) in [5, 5.41) is 4.94. The van der Waals surface area contributed by atoms with Crippen molar-refractivity contribution in [3.63, 3.8) is 0 Å². The molecule has 4 aromatic carbocycles. The van der Waals surface area contributed by atoms with E-state index >= 15 is 0 Å². The Morgan fingerprint density at radius 2 is 0.912 bits per heavy atom. The van der Waals surface area contributed by atoms with Crippen LogP contribution in [-0.2, 0) is 26.3 Å². The SMILES string of the molecule is CCn1c2ccc3cc2c2cc(ccc21)COc1ccc2c(c1)c1cc(ccc1n2CC)OC3. The maximum Gasteiger partial charge on any atom is 0.120 e. The molecule has 4 heteroatoms. The zero-order valence-electron chi connectivity index (χ0n) is 19.5. The molecular formula is C30H26N2O2. The van der Waals surface area contributed by atoms with Gasteiger partial charge in [-0.1, -0.05) is 12.1 Å². The van der Waals surface area contributed by atoms with Gasteiger partial charge in [-0.05, 0) is 85.6 Å². The van der Waals surface area contributed by atoms with Crippen molar-refractivity contribution in [1.82, 2.24) is 9.13 Å². The van der Waals surface area contributed by atoms with E-state index in [9.17, 15) is 0 Å². The molecule has 3 heterocycles. The number of benzene rings is 4. The number of nitrogens with zero attached hydrogens (tertiary/aromatic N) is 2. The van der Waals surface area contributed by atoms with Crippen LogP contribution in [0.1, 0.15) is 25.0 Å². The lowest BCUT2D eigenvalue weighted by molar-refractivity contribution is 0.306. The van der Waals surface area contributed by atoms with Crippen LogP contribution in [0.4, 0.5) is 0 Å². The summed E-state index contributed by atoms with van der Waals surface area (Å²) in [7, 11) is 0. The largest absolute Gasteiger partial charge is 0.489 e. The first-order valence-corrected chi connectivity index (χ1v) is 12.1. The summed E-state index contributed by atoms with van der Waals surface area (Å²) in [6.07, 6.45) is 0. The van der Waals surface area contributed by atoms with Crippen LogP contribution < -0.4 is 9.47 Å². The summed E-state index contributed by atoms with van der Waals surface area (Å²) in [6.45, 7) is 7.33. The van der Waals surface area contributed by atoms with Gasteiger partial charge in [-0.25, -0.2) is 0 Å². The van der Waals surface area contributed by atoms with Gasteiger partial charge in [0.2, 0.25) is 0 Å². The molecule has 4 nitrogen and oxygen atoms in total. The summed E-state index contributed by atoms with van der Waals surface area (Å²) in [5.74, 6) is 1.78. The molecule has 168 valence electrons. The number of rotatable bonds is 2. The molecule has 0 saturated heterocycles. The van der Waals surface area contributed by atoms with E-state index in [1.807, 2.05) is 0 Å². The van der Waals surface area contributed by atoms with Crippen LogP contribution in [0.15, 0.2) is 72.8 Å². The van der Waals surface area contributed by atoms with E-state index in [0.717, 1.165) is 24.6 Å². The Morgan fingerprint density at radius 1 is 0.529 bits per heavy atom. The average molecular weight is 447 g/mol. The van der Waals surface area contributed by atoms with Crippen molar-refractivity contribution in [3.8, 4) is 11.5 Å². The molecule has 2 aromatic heterocycles. The smallest absolute Gasteiger partial charge is 0.120 e. The van der Waals surface area contributed by atoms with E-state index in [-0.39, 0.29) is 0 Å². The van der Waals surface area contributed by atoms with Gasteiger partial charge in [0.15, 0.2) is 0 Å². The van der Waals surface area contributed by atoms with E-state index in [2.05, 4.69) is 95.8 Å². The van der Waals surface area contributed by atoms with E-state index in [1.54, 1.807) is 0 Å². The van der Waals surface area contributed by atoms with Crippen LogP contribution in [0.25, 0.3) is 43.6 Å². The molecule has 0 fully saturated rings. The third-order valence-electron chi connectivity index (χ3n) is 7.24. The number of ether oxygens (including phenoxy) is 2. The van der Waals surface area contributed by atoms with E-state index in [0.29, 0.717) is 13.2 Å². The topological polar surface area (TPSA) is 28.3 Å². The minimum Gasteiger partial charge on any atom is -0.489 e. The van der Waals surface area contributed by atoms with Crippen molar-refractivity contribution in [1.29, 1.82) is 0 Å². The molecule has 0 unspecified atom stereocenters. The van der Waals surface area contributed by atoms with Crippen LogP contribution in [-0.4, -0.2) is 9.13 Å². The molecule has 1 aliphatic heterocycles. The number of hydrogen-bond donors (Lipinski definition) is 0. The average Bonchev–Trinajstić information content (AvgIpc) is 3.36. The predicted octanol–water partition coefficient (Wildman–Crippen LogP) is 7.41. The molecule has 0 atom stereocenters. The van der Waals surface area contributed by atoms with Gasteiger partial charge in [0, 0.05) is 56.7 Å². The fourth-order valence-corrected chi connectivity index (χ4v) is 5.63. The monoisotopic (exact) mass is 446 g/mol. The molecule has 0 spiro atoms. The maximum atomic E-state index is 6.31. The van der Waals surface area contributed by atoms with Crippen LogP contribution in [0.3, 0.4) is 0 Å². The van der Waals surface area contributed by atoms with Gasteiger partial charge in [0.1, 0.15) is 24.7 Å². The van der Waals surface area contributed by atoms with E-state index < -0.39 is 0 Å². The molecular weight excluding hydrogens is 420 g/mol. The quantitative estimate of drug-likeness (QED) is 0.277. The van der Waals surface area contributed by atoms with Crippen LogP contribution in [0.5, 0.6) is 11.5 Å². The van der Waals surface area contributed by atoms with Gasteiger partial charge >= 0.3 is 0 Å². The summed E-state index contributed by atoms with van der Waals surface area (Å²) in [6, 6.07) is 26.3. The molecule has 0 saturated carbocycles. The van der Waals surface area contributed by atoms with Gasteiger partial charge in [0.25, 0.3) is 0 Å². The second-order valence-corrected chi connectivity index (χ2v) is 9.13. The molecule has 0 amide bonds. The van der Waals surface area contributed by atoms with Crippen LogP contribution >= 0.6 is 0 Å². The number of hydrogen-bond acceptors (Lipinski definition) is 2. The van der Waals surface area contributed by atoms with Crippen molar-refractivity contribution in [2.75, 3.05) is 0 Å². The Labute approximate surface area is 197 Å². The van der Waals surface area contributed by atoms with Gasteiger partial charge in [-0.3, -0.25) is 0 Å². The van der Waals surface area contributed by atoms with Crippen molar-refractivity contribution in [3.05, 3.63) is 83.9 Å². The molecule has 6 aromatic rings. The Bertz CT molecular complexity index is 1490. The van der Waals surface area contributed by atoms with Gasteiger partial charge < -0.3 is 18.6 Å². The lowest BCUT2D eigenvalue weighted by Gasteiger charge is -2.09. The molecule has 1 aliphatic rings. The van der Waals surface area contributed by atoms with Crippen molar-refractivity contribution in [2.24, 2.45) is 0 Å². The number of aryl methyl sites for hydroxylation is 2. The van der Waals surface area contributed by atoms with E-state index in [1.165, 1.54) is 54.7 Å². The standard InChI is InChI=1S/C30H26N2O2/c1-3-31-27-9-5-19-13-23(27)24-14-20(6-10-28(24)31)18-34-22-8-12-30-26(16-22)25-15-21(33-17-19)7-11-29(25)32(30)4-2/h5-16H,3-4,17-18H2,1-2H3. The molecule has 0 aliphatic carbocycles. The van der Waals surface area contributed by atoms with Crippen molar-refractivity contribution >= 4 is 43.6 Å². The molecule has 0 radical (unpaired) electrons. The first-order chi connectivity index (χ1) is 16.7. The molecule has 0 N–H and O–H groups in total. The fourth-order valence-electron chi connectivity index (χ4n) is 5.63. The molecule has 34 heavy (non-hydrogen) atoms. The van der Waals surface area contributed by atoms with Gasteiger partial charge in [0.05, 0.1) is 0 Å². The predicted molar refractivity (Wildman–Crippen MR) is 139 cm³/mol. The summed E-state index contributed by atoms with van der Waals surface area (Å²) >= 11 is 0. The highest BCUT2D eigenvalue weighted by Gasteiger charge is 2.15. The summed E-state index contributed by atoms with van der Waals surface area (Å²) in [5.41, 5.74) is 7.32. The Morgan fingerprint density at radius 3 is 1.32 bits per heavy atom. The minimum absolute atomic E-state index is 0.542. The number of aromatic nitrogens is 2. The van der Waals surface area contributed by atoms with Crippen molar-refractivity contribution in [2.45, 2.75) is 40.2 Å². The fraction of sp³-hybridized carbons (Fsp3) is 0.200. The Hall–Kier alpha value is -3.92. The van der Waals surface area contributed by atoms with Crippen LogP contribution in [0.2, 0.25) is 0 Å². The first kappa shape index (κ1) is 19.5. The van der Waals surface area contributed by atoms with Crippen LogP contribution in [0, 0.1) is 0 Å². The minimum atomic E-state index is 0.542. The lowest BCUT2D eigenvalue weighted by Crippen LogP contribution is -1.97. The normalized spacial score (nSPS) is 13.5. The van der Waals surface area contributed by atoms with Gasteiger partial charge in [-0.15, -0.1) is 0 Å². The van der Waals surface area contributed by atoms with Gasteiger partial charge in [-0.2, -0.15) is 0 Å². The third kappa shape index (κ3) is 2.78. The first-order valence-electron chi connectivity index (χ1n) is 12.1.